The van der Waals surface area contributed by atoms with Crippen LogP contribution in [0.15, 0.2) is 71.3 Å². The van der Waals surface area contributed by atoms with Crippen LogP contribution in [-0.4, -0.2) is 41.4 Å². The van der Waals surface area contributed by atoms with Crippen LogP contribution in [0, 0.1) is 0 Å². The molecular formula is C29H31N3O4. The molecule has 3 aromatic carbocycles. The smallest absolute Gasteiger partial charge is 0.304 e. The summed E-state index contributed by atoms with van der Waals surface area (Å²) in [5.74, 6) is 0.185. The van der Waals surface area contributed by atoms with Gasteiger partial charge in [-0.2, -0.15) is 4.98 Å². The van der Waals surface area contributed by atoms with E-state index in [1.807, 2.05) is 30.3 Å². The van der Waals surface area contributed by atoms with E-state index in [0.29, 0.717) is 31.4 Å². The number of carbonyl (C=O) groups is 1. The second kappa shape index (κ2) is 12.2. The molecule has 0 fully saturated rings. The van der Waals surface area contributed by atoms with E-state index in [-0.39, 0.29) is 6.42 Å². The lowest BCUT2D eigenvalue weighted by Gasteiger charge is -2.13. The number of hydrogen-bond acceptors (Lipinski definition) is 6. The Hall–Kier alpha value is -3.81. The summed E-state index contributed by atoms with van der Waals surface area (Å²) in [4.78, 5) is 15.3. The average Bonchev–Trinajstić information content (AvgIpc) is 3.39. The van der Waals surface area contributed by atoms with Crippen molar-refractivity contribution < 1.29 is 19.2 Å². The van der Waals surface area contributed by atoms with Crippen LogP contribution in [0.4, 0.5) is 0 Å². The van der Waals surface area contributed by atoms with Gasteiger partial charge >= 0.3 is 5.97 Å². The quantitative estimate of drug-likeness (QED) is 0.260. The lowest BCUT2D eigenvalue weighted by molar-refractivity contribution is -0.136. The van der Waals surface area contributed by atoms with E-state index in [4.69, 9.17) is 14.4 Å². The third-order valence-electron chi connectivity index (χ3n) is 6.06. The Bertz CT molecular complexity index is 1320. The lowest BCUT2D eigenvalue weighted by atomic mass is 9.93. The minimum Gasteiger partial charge on any atom is -0.481 e. The molecule has 7 nitrogen and oxygen atoms in total. The number of aryl methyl sites for hydroxylation is 1. The molecule has 0 bridgehead atoms. The van der Waals surface area contributed by atoms with E-state index < -0.39 is 5.97 Å². The minimum absolute atomic E-state index is 0.115. The Kier molecular flexibility index (Phi) is 8.60. The number of nitrogens with zero attached hydrogens (tertiary/aromatic N) is 2. The van der Waals surface area contributed by atoms with Crippen molar-refractivity contribution >= 4 is 5.97 Å². The Morgan fingerprint density at radius 1 is 0.972 bits per heavy atom. The van der Waals surface area contributed by atoms with Crippen molar-refractivity contribution in [3.63, 3.8) is 0 Å². The van der Waals surface area contributed by atoms with Gasteiger partial charge in [0.2, 0.25) is 5.82 Å². The predicted molar refractivity (Wildman–Crippen MR) is 140 cm³/mol. The van der Waals surface area contributed by atoms with E-state index >= 15 is 0 Å². The molecule has 0 aliphatic carbocycles. The zero-order chi connectivity index (χ0) is 25.3. The summed E-state index contributed by atoms with van der Waals surface area (Å²) < 4.78 is 11.1. The van der Waals surface area contributed by atoms with Crippen LogP contribution in [0.5, 0.6) is 0 Å². The number of nitrogens with one attached hydrogen (secondary N) is 1. The third kappa shape index (κ3) is 6.24. The van der Waals surface area contributed by atoms with E-state index in [1.165, 1.54) is 11.1 Å². The number of methoxy groups -OCH3 is 1. The first-order chi connectivity index (χ1) is 17.6. The Balaban J connectivity index is 1.53. The van der Waals surface area contributed by atoms with E-state index in [0.717, 1.165) is 40.7 Å². The van der Waals surface area contributed by atoms with Crippen LogP contribution >= 0.6 is 0 Å². The van der Waals surface area contributed by atoms with Gasteiger partial charge in [0, 0.05) is 24.8 Å². The Morgan fingerprint density at radius 2 is 1.81 bits per heavy atom. The fourth-order valence-corrected chi connectivity index (χ4v) is 4.23. The van der Waals surface area contributed by atoms with Gasteiger partial charge in [0.1, 0.15) is 0 Å². The maximum atomic E-state index is 10.6. The molecule has 7 heteroatoms. The van der Waals surface area contributed by atoms with Gasteiger partial charge in [-0.15, -0.1) is 0 Å². The molecule has 0 radical (unpaired) electrons. The molecular weight excluding hydrogens is 454 g/mol. The monoisotopic (exact) mass is 485 g/mol. The van der Waals surface area contributed by atoms with Gasteiger partial charge in [-0.05, 0) is 65.4 Å². The fourth-order valence-electron chi connectivity index (χ4n) is 4.23. The van der Waals surface area contributed by atoms with Gasteiger partial charge < -0.3 is 19.7 Å². The van der Waals surface area contributed by atoms with E-state index in [2.05, 4.69) is 58.8 Å². The predicted octanol–water partition coefficient (Wildman–Crippen LogP) is 5.39. The summed E-state index contributed by atoms with van der Waals surface area (Å²) in [5.41, 5.74) is 7.54. The van der Waals surface area contributed by atoms with Crippen molar-refractivity contribution in [3.8, 4) is 34.0 Å². The zero-order valence-corrected chi connectivity index (χ0v) is 20.7. The largest absolute Gasteiger partial charge is 0.481 e. The zero-order valence-electron chi connectivity index (χ0n) is 20.7. The molecule has 36 heavy (non-hydrogen) atoms. The maximum Gasteiger partial charge on any atom is 0.304 e. The van der Waals surface area contributed by atoms with Crippen molar-refractivity contribution in [1.82, 2.24) is 15.5 Å². The summed E-state index contributed by atoms with van der Waals surface area (Å²) in [6.07, 6.45) is 1.85. The van der Waals surface area contributed by atoms with Crippen molar-refractivity contribution in [2.75, 3.05) is 20.2 Å². The molecule has 1 heterocycles. The number of carboxylic acids is 1. The molecule has 0 unspecified atom stereocenters. The van der Waals surface area contributed by atoms with Crippen molar-refractivity contribution in [2.45, 2.75) is 32.8 Å². The van der Waals surface area contributed by atoms with Gasteiger partial charge in [-0.3, -0.25) is 4.79 Å². The summed E-state index contributed by atoms with van der Waals surface area (Å²) in [6, 6.07) is 22.6. The van der Waals surface area contributed by atoms with Crippen LogP contribution in [0.1, 0.15) is 30.0 Å². The van der Waals surface area contributed by atoms with Gasteiger partial charge in [-0.25, -0.2) is 0 Å². The highest BCUT2D eigenvalue weighted by Gasteiger charge is 2.15. The highest BCUT2D eigenvalue weighted by Crippen LogP contribution is 2.32. The molecule has 4 rings (SSSR count). The molecule has 0 atom stereocenters. The molecule has 4 aromatic rings. The fraction of sp³-hybridized carbons (Fsp3) is 0.276. The SMILES string of the molecule is CCc1ccccc1-c1ccc(-c2nc(-c3cccc(CCNCCC(=O)O)c3)no2)cc1COC. The molecule has 0 aliphatic heterocycles. The summed E-state index contributed by atoms with van der Waals surface area (Å²) in [5, 5.41) is 16.1. The number of ether oxygens (including phenoxy) is 1. The van der Waals surface area contributed by atoms with Crippen LogP contribution in [0.25, 0.3) is 34.0 Å². The van der Waals surface area contributed by atoms with Gasteiger partial charge in [0.15, 0.2) is 0 Å². The maximum absolute atomic E-state index is 10.6. The summed E-state index contributed by atoms with van der Waals surface area (Å²) >= 11 is 0. The lowest BCUT2D eigenvalue weighted by Crippen LogP contribution is -2.20. The summed E-state index contributed by atoms with van der Waals surface area (Å²) in [7, 11) is 1.70. The second-order valence-corrected chi connectivity index (χ2v) is 8.58. The average molecular weight is 486 g/mol. The Labute approximate surface area is 211 Å². The van der Waals surface area contributed by atoms with Crippen LogP contribution in [0.3, 0.4) is 0 Å². The number of aliphatic carboxylic acids is 1. The topological polar surface area (TPSA) is 97.5 Å². The number of aromatic nitrogens is 2. The standard InChI is InChI=1S/C29H31N3O4/c1-3-21-8-4-5-10-25(21)26-12-11-23(18-24(26)19-35-2)29-31-28(32-36-29)22-9-6-7-20(17-22)13-15-30-16-14-27(33)34/h4-12,17-18,30H,3,13-16,19H2,1-2H3,(H,33,34). The molecule has 0 saturated carbocycles. The molecule has 0 aliphatic rings. The number of carboxylic acid groups (broad SMARTS) is 1. The first-order valence-electron chi connectivity index (χ1n) is 12.1. The molecule has 0 amide bonds. The molecule has 186 valence electrons. The molecule has 0 spiro atoms. The van der Waals surface area contributed by atoms with Crippen molar-refractivity contribution in [1.29, 1.82) is 0 Å². The number of benzene rings is 3. The van der Waals surface area contributed by atoms with Crippen LogP contribution < -0.4 is 5.32 Å². The van der Waals surface area contributed by atoms with Gasteiger partial charge in [-0.1, -0.05) is 60.6 Å². The van der Waals surface area contributed by atoms with Crippen molar-refractivity contribution in [2.24, 2.45) is 0 Å². The number of hydrogen-bond donors (Lipinski definition) is 2. The highest BCUT2D eigenvalue weighted by molar-refractivity contribution is 5.74. The normalized spacial score (nSPS) is 11.1. The highest BCUT2D eigenvalue weighted by atomic mass is 16.5. The van der Waals surface area contributed by atoms with E-state index in [1.54, 1.807) is 7.11 Å². The minimum atomic E-state index is -0.799. The first kappa shape index (κ1) is 25.3. The number of rotatable bonds is 12. The van der Waals surface area contributed by atoms with E-state index in [9.17, 15) is 4.79 Å². The van der Waals surface area contributed by atoms with Crippen LogP contribution in [0.2, 0.25) is 0 Å². The second-order valence-electron chi connectivity index (χ2n) is 8.58. The summed E-state index contributed by atoms with van der Waals surface area (Å²) in [6.45, 7) is 3.79. The molecule has 0 saturated heterocycles. The molecule has 1 aromatic heterocycles. The van der Waals surface area contributed by atoms with Gasteiger partial charge in [0.25, 0.3) is 5.89 Å². The van der Waals surface area contributed by atoms with Crippen molar-refractivity contribution in [3.05, 3.63) is 83.4 Å². The Morgan fingerprint density at radius 3 is 2.61 bits per heavy atom. The van der Waals surface area contributed by atoms with Gasteiger partial charge in [0.05, 0.1) is 13.0 Å². The third-order valence-corrected chi connectivity index (χ3v) is 6.06. The molecule has 2 N–H and O–H groups in total. The first-order valence-corrected chi connectivity index (χ1v) is 12.1. The van der Waals surface area contributed by atoms with Crippen LogP contribution in [-0.2, 0) is 29.0 Å².